The van der Waals surface area contributed by atoms with Crippen molar-refractivity contribution in [2.75, 3.05) is 0 Å². The fraction of sp³-hybridized carbons (Fsp3) is 0. The summed E-state index contributed by atoms with van der Waals surface area (Å²) in [5.74, 6) is 0. The number of fused-ring (bicyclic) bond motifs is 10. The van der Waals surface area contributed by atoms with E-state index >= 15 is 0 Å². The largest absolute Gasteiger partial charge is 0.0616 e. The van der Waals surface area contributed by atoms with Gasteiger partial charge in [-0.3, -0.25) is 0 Å². The quantitative estimate of drug-likeness (QED) is 0.192. The predicted octanol–water partition coefficient (Wildman–Crippen LogP) is 7.95. The Kier molecular flexibility index (Phi) is 2.57. The topological polar surface area (TPSA) is 0 Å². The van der Waals surface area contributed by atoms with Crippen molar-refractivity contribution in [3.63, 3.8) is 0 Å². The van der Waals surface area contributed by atoms with E-state index in [2.05, 4.69) is 97.1 Å². The molecule has 0 atom stereocenters. The second-order valence-electron chi connectivity index (χ2n) is 7.72. The van der Waals surface area contributed by atoms with Crippen molar-refractivity contribution in [1.29, 1.82) is 0 Å². The summed E-state index contributed by atoms with van der Waals surface area (Å²) in [5, 5.41) is 10.8. The van der Waals surface area contributed by atoms with Crippen molar-refractivity contribution >= 4 is 43.1 Å². The first-order valence-electron chi connectivity index (χ1n) is 9.80. The van der Waals surface area contributed by atoms with Crippen LogP contribution in [0.2, 0.25) is 0 Å². The Balaban J connectivity index is 1.88. The molecule has 0 heteroatoms. The summed E-state index contributed by atoms with van der Waals surface area (Å²) < 4.78 is 0. The second-order valence-corrected chi connectivity index (χ2v) is 7.72. The van der Waals surface area contributed by atoms with Crippen LogP contribution in [0.1, 0.15) is 0 Å². The molecule has 0 spiro atoms. The van der Waals surface area contributed by atoms with Crippen molar-refractivity contribution in [3.8, 4) is 22.3 Å². The summed E-state index contributed by atoms with van der Waals surface area (Å²) in [6.07, 6.45) is 0. The molecule has 1 aliphatic carbocycles. The molecule has 1 aliphatic rings. The number of benzene rings is 6. The van der Waals surface area contributed by atoms with E-state index < -0.39 is 0 Å². The standard InChI is InChI=1S/C28H16/c1-2-10-19-17(8-1)16-18-9-7-15-24-25(18)27(19)28-23-14-6-4-12-21(23)20-11-3-5-13-22(20)26(24)28/h1-16H. The van der Waals surface area contributed by atoms with Gasteiger partial charge in [-0.1, -0.05) is 91.0 Å². The zero-order valence-electron chi connectivity index (χ0n) is 15.2. The SMILES string of the molecule is c1ccc2c3c4c(cccc4cc2c1)-c1c-3c2ccccc2c2ccccc12. The van der Waals surface area contributed by atoms with Gasteiger partial charge in [0.1, 0.15) is 0 Å². The molecule has 0 aliphatic heterocycles. The van der Waals surface area contributed by atoms with Crippen LogP contribution in [0.25, 0.3) is 65.3 Å². The lowest BCUT2D eigenvalue weighted by Gasteiger charge is -2.14. The first kappa shape index (κ1) is 14.4. The molecule has 6 aromatic carbocycles. The molecule has 0 aromatic heterocycles. The molecule has 0 N–H and O–H groups in total. The Morgan fingerprint density at radius 3 is 1.68 bits per heavy atom. The highest BCUT2D eigenvalue weighted by Gasteiger charge is 2.27. The van der Waals surface area contributed by atoms with Crippen LogP contribution in [0.5, 0.6) is 0 Å². The third kappa shape index (κ3) is 1.62. The van der Waals surface area contributed by atoms with E-state index in [-0.39, 0.29) is 0 Å². The van der Waals surface area contributed by atoms with Crippen LogP contribution < -0.4 is 0 Å². The fourth-order valence-corrected chi connectivity index (χ4v) is 5.27. The second kappa shape index (κ2) is 4.99. The van der Waals surface area contributed by atoms with Gasteiger partial charge in [-0.2, -0.15) is 0 Å². The zero-order chi connectivity index (χ0) is 18.2. The van der Waals surface area contributed by atoms with Crippen molar-refractivity contribution < 1.29 is 0 Å². The van der Waals surface area contributed by atoms with Gasteiger partial charge in [0.15, 0.2) is 0 Å². The lowest BCUT2D eigenvalue weighted by molar-refractivity contribution is 1.75. The van der Waals surface area contributed by atoms with Gasteiger partial charge in [0.2, 0.25) is 0 Å². The highest BCUT2D eigenvalue weighted by molar-refractivity contribution is 6.34. The van der Waals surface area contributed by atoms with E-state index in [0.29, 0.717) is 0 Å². The Labute approximate surface area is 162 Å². The van der Waals surface area contributed by atoms with Crippen molar-refractivity contribution in [1.82, 2.24) is 0 Å². The summed E-state index contributed by atoms with van der Waals surface area (Å²) in [5.41, 5.74) is 5.57. The van der Waals surface area contributed by atoms with Gasteiger partial charge in [0.05, 0.1) is 0 Å². The van der Waals surface area contributed by atoms with Crippen LogP contribution in [0.4, 0.5) is 0 Å². The zero-order valence-corrected chi connectivity index (χ0v) is 15.2. The highest BCUT2D eigenvalue weighted by Crippen LogP contribution is 2.55. The molecule has 0 fully saturated rings. The molecule has 0 bridgehead atoms. The van der Waals surface area contributed by atoms with Gasteiger partial charge in [-0.05, 0) is 71.4 Å². The molecule has 128 valence electrons. The van der Waals surface area contributed by atoms with Crippen LogP contribution in [0.3, 0.4) is 0 Å². The van der Waals surface area contributed by atoms with Gasteiger partial charge in [-0.15, -0.1) is 0 Å². The first-order valence-corrected chi connectivity index (χ1v) is 9.80. The minimum absolute atomic E-state index is 1.31. The third-order valence-corrected chi connectivity index (χ3v) is 6.34. The number of hydrogen-bond acceptors (Lipinski definition) is 0. The molecule has 0 radical (unpaired) electrons. The Morgan fingerprint density at radius 2 is 0.929 bits per heavy atom. The Bertz CT molecular complexity index is 1600. The minimum Gasteiger partial charge on any atom is -0.0616 e. The van der Waals surface area contributed by atoms with Gasteiger partial charge >= 0.3 is 0 Å². The summed E-state index contributed by atoms with van der Waals surface area (Å²) in [7, 11) is 0. The lowest BCUT2D eigenvalue weighted by atomic mass is 9.89. The average molecular weight is 352 g/mol. The Morgan fingerprint density at radius 1 is 0.357 bits per heavy atom. The molecule has 0 unspecified atom stereocenters. The maximum atomic E-state index is 2.34. The third-order valence-electron chi connectivity index (χ3n) is 6.34. The van der Waals surface area contributed by atoms with Crippen LogP contribution in [-0.2, 0) is 0 Å². The number of rotatable bonds is 0. The maximum absolute atomic E-state index is 2.34. The summed E-state index contributed by atoms with van der Waals surface area (Å²) in [6.45, 7) is 0. The molecule has 7 rings (SSSR count). The van der Waals surface area contributed by atoms with Gasteiger partial charge in [-0.25, -0.2) is 0 Å². The van der Waals surface area contributed by atoms with E-state index in [1.54, 1.807) is 0 Å². The van der Waals surface area contributed by atoms with Crippen molar-refractivity contribution in [2.45, 2.75) is 0 Å². The van der Waals surface area contributed by atoms with E-state index in [9.17, 15) is 0 Å². The van der Waals surface area contributed by atoms with Gasteiger partial charge in [0.25, 0.3) is 0 Å². The summed E-state index contributed by atoms with van der Waals surface area (Å²) in [6, 6.07) is 35.7. The van der Waals surface area contributed by atoms with E-state index in [0.717, 1.165) is 0 Å². The normalized spacial score (nSPS) is 12.3. The highest BCUT2D eigenvalue weighted by atomic mass is 14.3. The van der Waals surface area contributed by atoms with E-state index in [1.165, 1.54) is 65.3 Å². The molecule has 0 nitrogen and oxygen atoms in total. The van der Waals surface area contributed by atoms with Crippen LogP contribution in [-0.4, -0.2) is 0 Å². The molecule has 0 amide bonds. The van der Waals surface area contributed by atoms with Crippen LogP contribution in [0, 0.1) is 0 Å². The summed E-state index contributed by atoms with van der Waals surface area (Å²) in [4.78, 5) is 0. The fourth-order valence-electron chi connectivity index (χ4n) is 5.27. The molecule has 6 aromatic rings. The van der Waals surface area contributed by atoms with Gasteiger partial charge < -0.3 is 0 Å². The molecular formula is C28H16. The molecule has 0 saturated carbocycles. The smallest absolute Gasteiger partial charge is 0.000742 e. The van der Waals surface area contributed by atoms with Crippen molar-refractivity contribution in [2.24, 2.45) is 0 Å². The molecular weight excluding hydrogens is 336 g/mol. The first-order chi connectivity index (χ1) is 13.9. The lowest BCUT2D eigenvalue weighted by Crippen LogP contribution is -1.86. The average Bonchev–Trinajstić information content (AvgIpc) is 3.12. The van der Waals surface area contributed by atoms with E-state index in [4.69, 9.17) is 0 Å². The summed E-state index contributed by atoms with van der Waals surface area (Å²) >= 11 is 0. The Hall–Kier alpha value is -3.64. The number of hydrogen-bond donors (Lipinski definition) is 0. The predicted molar refractivity (Wildman–Crippen MR) is 121 cm³/mol. The van der Waals surface area contributed by atoms with Gasteiger partial charge in [0, 0.05) is 0 Å². The maximum Gasteiger partial charge on any atom is -0.000742 e. The molecule has 28 heavy (non-hydrogen) atoms. The van der Waals surface area contributed by atoms with Crippen molar-refractivity contribution in [3.05, 3.63) is 97.1 Å². The molecule has 0 saturated heterocycles. The minimum atomic E-state index is 1.31. The monoisotopic (exact) mass is 352 g/mol. The van der Waals surface area contributed by atoms with Crippen LogP contribution in [0.15, 0.2) is 97.1 Å². The molecule has 0 heterocycles. The van der Waals surface area contributed by atoms with E-state index in [1.807, 2.05) is 0 Å². The van der Waals surface area contributed by atoms with Crippen LogP contribution >= 0.6 is 0 Å².